The van der Waals surface area contributed by atoms with Gasteiger partial charge in [0.2, 0.25) is 5.78 Å². The van der Waals surface area contributed by atoms with Gasteiger partial charge in [-0.2, -0.15) is 0 Å². The van der Waals surface area contributed by atoms with E-state index in [2.05, 4.69) is 4.98 Å². The van der Waals surface area contributed by atoms with Crippen LogP contribution in [0.1, 0.15) is 33.1 Å². The third-order valence-corrected chi connectivity index (χ3v) is 5.74. The van der Waals surface area contributed by atoms with Crippen LogP contribution in [-0.4, -0.2) is 22.5 Å². The first-order chi connectivity index (χ1) is 13.5. The SMILES string of the molecule is Cc1ccc(C(=O)C2C(=O)C(=O)N(c3nccs3)C2c2ccc(C)cc2)cc1. The fourth-order valence-corrected chi connectivity index (χ4v) is 4.15. The molecule has 0 bridgehead atoms. The van der Waals surface area contributed by atoms with Gasteiger partial charge in [-0.1, -0.05) is 59.7 Å². The number of Topliss-reactive ketones (excluding diaryl/α,β-unsaturated/α-hetero) is 2. The van der Waals surface area contributed by atoms with E-state index in [0.717, 1.165) is 16.7 Å². The number of amides is 1. The average Bonchev–Trinajstić information content (AvgIpc) is 3.30. The molecule has 0 spiro atoms. The molecule has 5 nitrogen and oxygen atoms in total. The summed E-state index contributed by atoms with van der Waals surface area (Å²) in [6.45, 7) is 3.89. The van der Waals surface area contributed by atoms with Gasteiger partial charge in [-0.25, -0.2) is 4.98 Å². The molecule has 3 aromatic rings. The third kappa shape index (κ3) is 3.05. The van der Waals surface area contributed by atoms with E-state index < -0.39 is 23.7 Å². The molecule has 0 radical (unpaired) electrons. The highest BCUT2D eigenvalue weighted by Crippen LogP contribution is 2.41. The maximum atomic E-state index is 13.3. The second-order valence-corrected chi connectivity index (χ2v) is 7.79. The monoisotopic (exact) mass is 390 g/mol. The zero-order valence-corrected chi connectivity index (χ0v) is 16.3. The van der Waals surface area contributed by atoms with E-state index in [0.29, 0.717) is 10.7 Å². The summed E-state index contributed by atoms with van der Waals surface area (Å²) in [5, 5.41) is 2.16. The number of hydrogen-bond donors (Lipinski definition) is 0. The number of aromatic nitrogens is 1. The van der Waals surface area contributed by atoms with Gasteiger partial charge in [-0.05, 0) is 19.4 Å². The van der Waals surface area contributed by atoms with Crippen molar-refractivity contribution in [2.75, 3.05) is 4.90 Å². The standard InChI is InChI=1S/C22H18N2O3S/c1-13-3-7-15(8-4-13)18-17(19(25)16-9-5-14(2)6-10-16)20(26)21(27)24(18)22-23-11-12-28-22/h3-12,17-18H,1-2H3. The number of aryl methyl sites for hydroxylation is 2. The number of anilines is 1. The normalized spacial score (nSPS) is 19.3. The van der Waals surface area contributed by atoms with Gasteiger partial charge in [-0.15, -0.1) is 11.3 Å². The van der Waals surface area contributed by atoms with E-state index in [-0.39, 0.29) is 5.78 Å². The molecule has 2 heterocycles. The highest BCUT2D eigenvalue weighted by molar-refractivity contribution is 7.14. The Balaban J connectivity index is 1.83. The van der Waals surface area contributed by atoms with Crippen molar-refractivity contribution in [3.8, 4) is 0 Å². The van der Waals surface area contributed by atoms with Crippen molar-refractivity contribution < 1.29 is 14.4 Å². The predicted molar refractivity (Wildman–Crippen MR) is 108 cm³/mol. The zero-order chi connectivity index (χ0) is 19.8. The number of rotatable bonds is 4. The number of hydrogen-bond acceptors (Lipinski definition) is 5. The molecule has 140 valence electrons. The van der Waals surface area contributed by atoms with Crippen LogP contribution in [0.4, 0.5) is 5.13 Å². The van der Waals surface area contributed by atoms with Crippen molar-refractivity contribution in [1.82, 2.24) is 4.98 Å². The molecule has 1 aromatic heterocycles. The number of carbonyl (C=O) groups is 3. The minimum absolute atomic E-state index is 0.344. The van der Waals surface area contributed by atoms with Gasteiger partial charge in [0.1, 0.15) is 5.92 Å². The Kier molecular flexibility index (Phi) is 4.65. The minimum atomic E-state index is -1.10. The molecular formula is C22H18N2O3S. The van der Waals surface area contributed by atoms with Gasteiger partial charge < -0.3 is 0 Å². The summed E-state index contributed by atoms with van der Waals surface area (Å²) in [6.07, 6.45) is 1.58. The van der Waals surface area contributed by atoms with Gasteiger partial charge in [0.25, 0.3) is 5.91 Å². The number of ketones is 2. The van der Waals surface area contributed by atoms with Crippen LogP contribution in [0, 0.1) is 19.8 Å². The zero-order valence-electron chi connectivity index (χ0n) is 15.5. The van der Waals surface area contributed by atoms with E-state index in [1.807, 2.05) is 50.2 Å². The van der Waals surface area contributed by atoms with Crippen molar-refractivity contribution in [3.05, 3.63) is 82.4 Å². The van der Waals surface area contributed by atoms with Crippen LogP contribution >= 0.6 is 11.3 Å². The van der Waals surface area contributed by atoms with Crippen molar-refractivity contribution in [2.24, 2.45) is 5.92 Å². The fourth-order valence-electron chi connectivity index (χ4n) is 3.48. The molecule has 1 aliphatic rings. The summed E-state index contributed by atoms with van der Waals surface area (Å²) in [6, 6.07) is 13.9. The van der Waals surface area contributed by atoms with Gasteiger partial charge in [0.15, 0.2) is 10.9 Å². The lowest BCUT2D eigenvalue weighted by Crippen LogP contribution is -2.30. The Bertz CT molecular complexity index is 1040. The number of thiazole rings is 1. The van der Waals surface area contributed by atoms with Crippen molar-refractivity contribution in [1.29, 1.82) is 0 Å². The maximum Gasteiger partial charge on any atom is 0.297 e. The topological polar surface area (TPSA) is 67.3 Å². The Morgan fingerprint density at radius 3 is 2.14 bits per heavy atom. The summed E-state index contributed by atoms with van der Waals surface area (Å²) < 4.78 is 0. The summed E-state index contributed by atoms with van der Waals surface area (Å²) in [4.78, 5) is 44.6. The molecule has 28 heavy (non-hydrogen) atoms. The molecule has 4 rings (SSSR count). The van der Waals surface area contributed by atoms with Gasteiger partial charge >= 0.3 is 0 Å². The molecule has 1 amide bonds. The quantitative estimate of drug-likeness (QED) is 0.385. The molecule has 0 aliphatic carbocycles. The third-order valence-electron chi connectivity index (χ3n) is 4.97. The Labute approximate surface area is 166 Å². The second-order valence-electron chi connectivity index (χ2n) is 6.92. The first kappa shape index (κ1) is 18.3. The van der Waals surface area contributed by atoms with E-state index in [1.54, 1.807) is 23.7 Å². The van der Waals surface area contributed by atoms with Gasteiger partial charge in [0.05, 0.1) is 6.04 Å². The van der Waals surface area contributed by atoms with Gasteiger partial charge in [0, 0.05) is 17.1 Å². The number of carbonyl (C=O) groups excluding carboxylic acids is 3. The van der Waals surface area contributed by atoms with Crippen molar-refractivity contribution in [2.45, 2.75) is 19.9 Å². The largest absolute Gasteiger partial charge is 0.297 e. The summed E-state index contributed by atoms with van der Waals surface area (Å²) in [5.74, 6) is -2.82. The van der Waals surface area contributed by atoms with Crippen LogP contribution in [-0.2, 0) is 9.59 Å². The highest BCUT2D eigenvalue weighted by atomic mass is 32.1. The molecule has 6 heteroatoms. The first-order valence-corrected chi connectivity index (χ1v) is 9.79. The van der Waals surface area contributed by atoms with Crippen LogP contribution in [0.2, 0.25) is 0 Å². The molecule has 1 aliphatic heterocycles. The van der Waals surface area contributed by atoms with E-state index in [9.17, 15) is 14.4 Å². The Morgan fingerprint density at radius 2 is 1.57 bits per heavy atom. The first-order valence-electron chi connectivity index (χ1n) is 8.91. The number of nitrogens with zero attached hydrogens (tertiary/aromatic N) is 2. The summed E-state index contributed by atoms with van der Waals surface area (Å²) in [7, 11) is 0. The Morgan fingerprint density at radius 1 is 0.964 bits per heavy atom. The average molecular weight is 390 g/mol. The van der Waals surface area contributed by atoms with Crippen molar-refractivity contribution in [3.63, 3.8) is 0 Å². The number of benzene rings is 2. The lowest BCUT2D eigenvalue weighted by atomic mass is 9.86. The molecule has 1 fully saturated rings. The molecular weight excluding hydrogens is 372 g/mol. The van der Waals surface area contributed by atoms with Crippen LogP contribution in [0.5, 0.6) is 0 Å². The molecule has 0 N–H and O–H groups in total. The smallest absolute Gasteiger partial charge is 0.293 e. The molecule has 2 atom stereocenters. The highest BCUT2D eigenvalue weighted by Gasteiger charge is 2.53. The second kappa shape index (κ2) is 7.13. The van der Waals surface area contributed by atoms with E-state index in [1.165, 1.54) is 16.2 Å². The summed E-state index contributed by atoms with van der Waals surface area (Å²) >= 11 is 1.27. The van der Waals surface area contributed by atoms with Gasteiger partial charge in [-0.3, -0.25) is 19.3 Å². The van der Waals surface area contributed by atoms with Crippen LogP contribution < -0.4 is 4.90 Å². The minimum Gasteiger partial charge on any atom is -0.293 e. The van der Waals surface area contributed by atoms with Crippen LogP contribution in [0.15, 0.2) is 60.1 Å². The van der Waals surface area contributed by atoms with Crippen LogP contribution in [0.3, 0.4) is 0 Å². The fraction of sp³-hybridized carbons (Fsp3) is 0.182. The van der Waals surface area contributed by atoms with E-state index >= 15 is 0 Å². The predicted octanol–water partition coefficient (Wildman–Crippen LogP) is 3.92. The lowest BCUT2D eigenvalue weighted by Gasteiger charge is -2.25. The maximum absolute atomic E-state index is 13.3. The van der Waals surface area contributed by atoms with Crippen molar-refractivity contribution >= 4 is 33.9 Å². The van der Waals surface area contributed by atoms with Crippen LogP contribution in [0.25, 0.3) is 0 Å². The Hall–Kier alpha value is -3.12. The lowest BCUT2D eigenvalue weighted by molar-refractivity contribution is -0.135. The molecule has 2 unspecified atom stereocenters. The van der Waals surface area contributed by atoms with E-state index in [4.69, 9.17) is 0 Å². The molecule has 2 aromatic carbocycles. The molecule has 1 saturated heterocycles. The summed E-state index contributed by atoms with van der Waals surface area (Å²) in [5.41, 5.74) is 3.24. The molecule has 0 saturated carbocycles.